The number of nitrogens with two attached hydrogens (primary N) is 1. The van der Waals surface area contributed by atoms with Crippen molar-refractivity contribution < 1.29 is 14.7 Å². The topological polar surface area (TPSA) is 77.1 Å². The molecule has 0 aliphatic heterocycles. The first kappa shape index (κ1) is 15.7. The van der Waals surface area contributed by atoms with Gasteiger partial charge in [0.05, 0.1) is 6.61 Å². The molecule has 0 amide bonds. The van der Waals surface area contributed by atoms with Crippen LogP contribution in [0.2, 0.25) is 0 Å². The number of ether oxygens (including phenoxy) is 2. The third kappa shape index (κ3) is 4.15. The molecule has 116 valence electrons. The zero-order valence-electron chi connectivity index (χ0n) is 12.5. The molecule has 0 saturated heterocycles. The molecule has 0 atom stereocenters. The summed E-state index contributed by atoms with van der Waals surface area (Å²) in [6.45, 7) is 3.14. The van der Waals surface area contributed by atoms with Gasteiger partial charge in [0.25, 0.3) is 0 Å². The molecule has 0 radical (unpaired) electrons. The quantitative estimate of drug-likeness (QED) is 0.356. The van der Waals surface area contributed by atoms with Crippen molar-refractivity contribution in [3.05, 3.63) is 59.7 Å². The Morgan fingerprint density at radius 1 is 1.05 bits per heavy atom. The van der Waals surface area contributed by atoms with Crippen LogP contribution >= 0.6 is 0 Å². The van der Waals surface area contributed by atoms with E-state index in [-0.39, 0.29) is 5.84 Å². The number of hydrogen-bond acceptors (Lipinski definition) is 4. The fourth-order valence-corrected chi connectivity index (χ4v) is 1.89. The van der Waals surface area contributed by atoms with Crippen molar-refractivity contribution >= 4 is 5.84 Å². The first-order chi connectivity index (χ1) is 10.7. The molecule has 2 aromatic carbocycles. The van der Waals surface area contributed by atoms with Crippen molar-refractivity contribution in [3.63, 3.8) is 0 Å². The lowest BCUT2D eigenvalue weighted by Gasteiger charge is -2.12. The van der Waals surface area contributed by atoms with Crippen LogP contribution < -0.4 is 15.2 Å². The summed E-state index contributed by atoms with van der Waals surface area (Å²) in [5.74, 6) is 1.56. The van der Waals surface area contributed by atoms with E-state index in [0.29, 0.717) is 18.8 Å². The van der Waals surface area contributed by atoms with Crippen LogP contribution in [0.3, 0.4) is 0 Å². The summed E-state index contributed by atoms with van der Waals surface area (Å²) >= 11 is 0. The Morgan fingerprint density at radius 3 is 2.27 bits per heavy atom. The molecular formula is C17H20N2O3. The minimum atomic E-state index is 0.0887. The van der Waals surface area contributed by atoms with Gasteiger partial charge in [-0.05, 0) is 24.1 Å². The zero-order chi connectivity index (χ0) is 15.8. The van der Waals surface area contributed by atoms with E-state index in [1.165, 1.54) is 0 Å². The maximum absolute atomic E-state index is 8.64. The van der Waals surface area contributed by atoms with Crippen LogP contribution in [0.1, 0.15) is 24.5 Å². The molecule has 0 fully saturated rings. The highest BCUT2D eigenvalue weighted by Crippen LogP contribution is 2.27. The fraction of sp³-hybridized carbons (Fsp3) is 0.235. The van der Waals surface area contributed by atoms with Gasteiger partial charge in [-0.15, -0.1) is 0 Å². The molecule has 0 heterocycles. The largest absolute Gasteiger partial charge is 0.490 e. The Kier molecular flexibility index (Phi) is 5.65. The monoisotopic (exact) mass is 300 g/mol. The van der Waals surface area contributed by atoms with Crippen LogP contribution in [0.5, 0.6) is 11.5 Å². The summed E-state index contributed by atoms with van der Waals surface area (Å²) in [7, 11) is 0. The molecule has 0 aliphatic carbocycles. The van der Waals surface area contributed by atoms with E-state index in [4.69, 9.17) is 20.4 Å². The number of para-hydroxylation sites is 2. The molecule has 2 rings (SSSR count). The summed E-state index contributed by atoms with van der Waals surface area (Å²) < 4.78 is 11.5. The van der Waals surface area contributed by atoms with Crippen LogP contribution in [-0.4, -0.2) is 17.6 Å². The van der Waals surface area contributed by atoms with Crippen LogP contribution in [0.25, 0.3) is 0 Å². The third-order valence-corrected chi connectivity index (χ3v) is 3.06. The molecule has 0 saturated carbocycles. The van der Waals surface area contributed by atoms with Gasteiger partial charge in [0.2, 0.25) is 0 Å². The average Bonchev–Trinajstić information content (AvgIpc) is 2.58. The Hall–Kier alpha value is -2.69. The second kappa shape index (κ2) is 7.93. The highest BCUT2D eigenvalue weighted by molar-refractivity contribution is 5.96. The van der Waals surface area contributed by atoms with Crippen molar-refractivity contribution in [2.24, 2.45) is 10.9 Å². The number of benzene rings is 2. The molecule has 22 heavy (non-hydrogen) atoms. The summed E-state index contributed by atoms with van der Waals surface area (Å²) in [6.07, 6.45) is 0.948. The maximum atomic E-state index is 8.64. The summed E-state index contributed by atoms with van der Waals surface area (Å²) in [4.78, 5) is 0. The SMILES string of the molecule is CCCOc1ccccc1OCc1ccc(/C(N)=N/O)cc1. The minimum absolute atomic E-state index is 0.0887. The standard InChI is InChI=1S/C17H20N2O3/c1-2-11-21-15-5-3-4-6-16(15)22-12-13-7-9-14(10-8-13)17(18)19-20/h3-10,20H,2,11-12H2,1H3,(H2,18,19). The molecule has 0 unspecified atom stereocenters. The Labute approximate surface area is 130 Å². The van der Waals surface area contributed by atoms with E-state index in [0.717, 1.165) is 23.5 Å². The number of rotatable bonds is 7. The zero-order valence-corrected chi connectivity index (χ0v) is 12.5. The van der Waals surface area contributed by atoms with Crippen molar-refractivity contribution in [3.8, 4) is 11.5 Å². The van der Waals surface area contributed by atoms with Gasteiger partial charge in [-0.3, -0.25) is 0 Å². The fourth-order valence-electron chi connectivity index (χ4n) is 1.89. The number of nitrogens with zero attached hydrogens (tertiary/aromatic N) is 1. The van der Waals surface area contributed by atoms with Gasteiger partial charge < -0.3 is 20.4 Å². The van der Waals surface area contributed by atoms with Gasteiger partial charge in [0.1, 0.15) is 6.61 Å². The van der Waals surface area contributed by atoms with Crippen LogP contribution in [0.4, 0.5) is 0 Å². The van der Waals surface area contributed by atoms with Crippen molar-refractivity contribution in [1.82, 2.24) is 0 Å². The summed E-state index contributed by atoms with van der Waals surface area (Å²) in [5.41, 5.74) is 7.18. The summed E-state index contributed by atoms with van der Waals surface area (Å²) in [5, 5.41) is 11.6. The predicted molar refractivity (Wildman–Crippen MR) is 85.5 cm³/mol. The van der Waals surface area contributed by atoms with Gasteiger partial charge in [0.15, 0.2) is 17.3 Å². The summed E-state index contributed by atoms with van der Waals surface area (Å²) in [6, 6.07) is 14.9. The Bertz CT molecular complexity index is 624. The molecule has 0 aliphatic rings. The second-order valence-corrected chi connectivity index (χ2v) is 4.77. The van der Waals surface area contributed by atoms with Gasteiger partial charge in [0, 0.05) is 5.56 Å². The van der Waals surface area contributed by atoms with Crippen molar-refractivity contribution in [2.75, 3.05) is 6.61 Å². The number of amidine groups is 1. The lowest BCUT2D eigenvalue weighted by atomic mass is 10.1. The van der Waals surface area contributed by atoms with E-state index >= 15 is 0 Å². The lowest BCUT2D eigenvalue weighted by molar-refractivity contribution is 0.262. The minimum Gasteiger partial charge on any atom is -0.490 e. The van der Waals surface area contributed by atoms with Gasteiger partial charge in [-0.25, -0.2) is 0 Å². The average molecular weight is 300 g/mol. The van der Waals surface area contributed by atoms with E-state index in [2.05, 4.69) is 12.1 Å². The van der Waals surface area contributed by atoms with Gasteiger partial charge >= 0.3 is 0 Å². The first-order valence-electron chi connectivity index (χ1n) is 7.16. The van der Waals surface area contributed by atoms with Crippen LogP contribution in [0.15, 0.2) is 53.7 Å². The molecule has 0 aromatic heterocycles. The van der Waals surface area contributed by atoms with E-state index in [9.17, 15) is 0 Å². The van der Waals surface area contributed by atoms with Crippen LogP contribution in [-0.2, 0) is 6.61 Å². The Morgan fingerprint density at radius 2 is 1.68 bits per heavy atom. The highest BCUT2D eigenvalue weighted by atomic mass is 16.5. The first-order valence-corrected chi connectivity index (χ1v) is 7.16. The highest BCUT2D eigenvalue weighted by Gasteiger charge is 2.05. The lowest BCUT2D eigenvalue weighted by Crippen LogP contribution is -2.12. The molecule has 3 N–H and O–H groups in total. The predicted octanol–water partition coefficient (Wildman–Crippen LogP) is 3.15. The second-order valence-electron chi connectivity index (χ2n) is 4.77. The maximum Gasteiger partial charge on any atom is 0.170 e. The van der Waals surface area contributed by atoms with Crippen LogP contribution in [0, 0.1) is 0 Å². The van der Waals surface area contributed by atoms with Crippen molar-refractivity contribution in [1.29, 1.82) is 0 Å². The molecule has 5 heteroatoms. The van der Waals surface area contributed by atoms with Crippen molar-refractivity contribution in [2.45, 2.75) is 20.0 Å². The molecular weight excluding hydrogens is 280 g/mol. The van der Waals surface area contributed by atoms with E-state index in [1.807, 2.05) is 36.4 Å². The number of oxime groups is 1. The normalized spacial score (nSPS) is 11.2. The molecule has 5 nitrogen and oxygen atoms in total. The van der Waals surface area contributed by atoms with E-state index in [1.54, 1.807) is 12.1 Å². The van der Waals surface area contributed by atoms with E-state index < -0.39 is 0 Å². The smallest absolute Gasteiger partial charge is 0.170 e. The third-order valence-electron chi connectivity index (χ3n) is 3.06. The van der Waals surface area contributed by atoms with Gasteiger partial charge in [-0.2, -0.15) is 0 Å². The van der Waals surface area contributed by atoms with Gasteiger partial charge in [-0.1, -0.05) is 48.5 Å². The number of hydrogen-bond donors (Lipinski definition) is 2. The molecule has 0 spiro atoms. The molecule has 0 bridgehead atoms. The molecule has 2 aromatic rings. The Balaban J connectivity index is 2.01.